The molecule has 8 heteroatoms. The Morgan fingerprint density at radius 1 is 1.25 bits per heavy atom. The Kier molecular flexibility index (Phi) is 8.29. The molecule has 0 radical (unpaired) electrons. The summed E-state index contributed by atoms with van der Waals surface area (Å²) in [4.78, 5) is 12.6. The van der Waals surface area contributed by atoms with Crippen LogP contribution in [0.1, 0.15) is 16.7 Å². The second-order valence-electron chi connectivity index (χ2n) is 6.81. The maximum atomic E-state index is 13.1. The number of hydrogen-bond acceptors (Lipinski definition) is 3. The number of anilines is 1. The topological polar surface area (TPSA) is 62.1 Å². The van der Waals surface area contributed by atoms with Gasteiger partial charge in [-0.15, -0.1) is 0 Å². The van der Waals surface area contributed by atoms with Crippen LogP contribution in [-0.2, 0) is 11.4 Å². The summed E-state index contributed by atoms with van der Waals surface area (Å²) in [5.41, 5.74) is 2.82. The summed E-state index contributed by atoms with van der Waals surface area (Å²) in [5.74, 6) is -0.214. The lowest BCUT2D eigenvalue weighted by molar-refractivity contribution is -0.112. The molecule has 0 atom stereocenters. The number of rotatable bonds is 6. The summed E-state index contributed by atoms with van der Waals surface area (Å²) in [6, 6.07) is 16.7. The van der Waals surface area contributed by atoms with E-state index in [0.29, 0.717) is 26.5 Å². The number of nitrogens with zero attached hydrogens (tertiary/aromatic N) is 1. The van der Waals surface area contributed by atoms with Crippen LogP contribution >= 0.6 is 50.1 Å². The number of carbonyl (C=O) groups is 1. The van der Waals surface area contributed by atoms with E-state index in [9.17, 15) is 14.4 Å². The van der Waals surface area contributed by atoms with Gasteiger partial charge in [0.25, 0.3) is 5.91 Å². The average Bonchev–Trinajstić information content (AvgIpc) is 2.75. The Bertz CT molecular complexity index is 1220. The highest BCUT2D eigenvalue weighted by molar-refractivity contribution is 14.1. The smallest absolute Gasteiger partial charge is 0.266 e. The lowest BCUT2D eigenvalue weighted by atomic mass is 10.1. The number of benzene rings is 3. The Balaban J connectivity index is 1.78. The minimum atomic E-state index is -0.527. The molecule has 1 N–H and O–H groups in total. The third-order valence-corrected chi connectivity index (χ3v) is 6.07. The quantitative estimate of drug-likeness (QED) is 0.178. The normalized spacial score (nSPS) is 11.1. The highest BCUT2D eigenvalue weighted by atomic mass is 127. The number of carbonyl (C=O) groups excluding carboxylic acids is 1. The predicted octanol–water partition coefficient (Wildman–Crippen LogP) is 7.28. The fourth-order valence-electron chi connectivity index (χ4n) is 2.77. The lowest BCUT2D eigenvalue weighted by Crippen LogP contribution is -2.14. The van der Waals surface area contributed by atoms with Crippen LogP contribution in [0, 0.1) is 27.6 Å². The summed E-state index contributed by atoms with van der Waals surface area (Å²) in [6.45, 7) is 2.11. The number of hydrogen-bond donors (Lipinski definition) is 1. The van der Waals surface area contributed by atoms with E-state index < -0.39 is 5.91 Å². The zero-order valence-corrected chi connectivity index (χ0v) is 21.3. The first kappa shape index (κ1) is 24.2. The van der Waals surface area contributed by atoms with Crippen molar-refractivity contribution >= 4 is 67.8 Å². The molecule has 0 aromatic heterocycles. The van der Waals surface area contributed by atoms with E-state index in [4.69, 9.17) is 16.3 Å². The largest absolute Gasteiger partial charge is 0.487 e. The molecule has 1 amide bonds. The van der Waals surface area contributed by atoms with Gasteiger partial charge in [-0.05, 0) is 105 Å². The van der Waals surface area contributed by atoms with E-state index in [0.717, 1.165) is 14.7 Å². The number of aryl methyl sites for hydroxylation is 1. The fourth-order valence-corrected chi connectivity index (χ4v) is 4.71. The molecule has 0 spiro atoms. The molecule has 32 heavy (non-hydrogen) atoms. The maximum absolute atomic E-state index is 13.1. The number of halogens is 4. The van der Waals surface area contributed by atoms with E-state index in [2.05, 4.69) is 43.8 Å². The van der Waals surface area contributed by atoms with Crippen molar-refractivity contribution in [1.29, 1.82) is 5.26 Å². The monoisotopic (exact) mass is 624 g/mol. The molecule has 0 bridgehead atoms. The first-order valence-electron chi connectivity index (χ1n) is 9.32. The van der Waals surface area contributed by atoms with Crippen molar-refractivity contribution in [3.63, 3.8) is 0 Å². The Morgan fingerprint density at radius 2 is 1.97 bits per heavy atom. The summed E-state index contributed by atoms with van der Waals surface area (Å²) < 4.78 is 20.4. The van der Waals surface area contributed by atoms with Crippen molar-refractivity contribution in [3.8, 4) is 11.8 Å². The van der Waals surface area contributed by atoms with Gasteiger partial charge in [0.1, 0.15) is 29.8 Å². The summed E-state index contributed by atoms with van der Waals surface area (Å²) in [7, 11) is 0. The Hall–Kier alpha value is -2.41. The first-order valence-corrected chi connectivity index (χ1v) is 11.6. The van der Waals surface area contributed by atoms with Gasteiger partial charge in [0.05, 0.1) is 8.04 Å². The standard InChI is InChI=1S/C24H16BrClFIN2O2/c1-14-2-5-18(26)11-22(14)30-24(31)17(12-29)8-16-9-20(25)23(21(28)10-16)32-13-15-3-6-19(27)7-4-15/h2-11H,13H2,1H3,(H,30,31)/b17-8+. The average molecular weight is 626 g/mol. The minimum absolute atomic E-state index is 0.0490. The van der Waals surface area contributed by atoms with Crippen LogP contribution < -0.4 is 10.1 Å². The number of nitriles is 1. The van der Waals surface area contributed by atoms with Gasteiger partial charge in [-0.2, -0.15) is 5.26 Å². The minimum Gasteiger partial charge on any atom is -0.487 e. The molecule has 3 rings (SSSR count). The summed E-state index contributed by atoms with van der Waals surface area (Å²) in [5, 5.41) is 12.7. The van der Waals surface area contributed by atoms with Crippen LogP contribution in [0.5, 0.6) is 5.75 Å². The number of ether oxygens (including phenoxy) is 1. The lowest BCUT2D eigenvalue weighted by Gasteiger charge is -2.12. The van der Waals surface area contributed by atoms with E-state index >= 15 is 0 Å². The van der Waals surface area contributed by atoms with E-state index in [1.807, 2.05) is 13.0 Å². The molecule has 4 nitrogen and oxygen atoms in total. The highest BCUT2D eigenvalue weighted by Crippen LogP contribution is 2.33. The van der Waals surface area contributed by atoms with Crippen molar-refractivity contribution in [2.75, 3.05) is 5.32 Å². The van der Waals surface area contributed by atoms with Crippen molar-refractivity contribution in [2.24, 2.45) is 0 Å². The van der Waals surface area contributed by atoms with Crippen LogP contribution in [0.25, 0.3) is 6.08 Å². The predicted molar refractivity (Wildman–Crippen MR) is 136 cm³/mol. The molecule has 3 aromatic carbocycles. The summed E-state index contributed by atoms with van der Waals surface area (Å²) >= 11 is 11.6. The van der Waals surface area contributed by atoms with Crippen molar-refractivity contribution in [1.82, 2.24) is 0 Å². The van der Waals surface area contributed by atoms with Gasteiger partial charge in [0.2, 0.25) is 0 Å². The van der Waals surface area contributed by atoms with Crippen LogP contribution in [0.2, 0.25) is 5.02 Å². The number of amides is 1. The first-order chi connectivity index (χ1) is 15.3. The molecule has 3 aromatic rings. The van der Waals surface area contributed by atoms with Gasteiger partial charge in [-0.3, -0.25) is 4.79 Å². The van der Waals surface area contributed by atoms with Gasteiger partial charge in [-0.1, -0.05) is 29.8 Å². The molecule has 0 saturated heterocycles. The van der Waals surface area contributed by atoms with Crippen molar-refractivity contribution < 1.29 is 13.9 Å². The SMILES string of the molecule is Cc1ccc(Cl)cc1NC(=O)/C(C#N)=C/c1cc(Br)c(OCc2ccc(F)cc2)c(I)c1. The maximum Gasteiger partial charge on any atom is 0.266 e. The van der Waals surface area contributed by atoms with Crippen molar-refractivity contribution in [3.05, 3.63) is 95.7 Å². The second-order valence-corrected chi connectivity index (χ2v) is 9.26. The van der Waals surface area contributed by atoms with Gasteiger partial charge < -0.3 is 10.1 Å². The van der Waals surface area contributed by atoms with Gasteiger partial charge >= 0.3 is 0 Å². The van der Waals surface area contributed by atoms with Crippen LogP contribution in [-0.4, -0.2) is 5.91 Å². The fraction of sp³-hybridized carbons (Fsp3) is 0.0833. The van der Waals surface area contributed by atoms with Crippen molar-refractivity contribution in [2.45, 2.75) is 13.5 Å². The van der Waals surface area contributed by atoms with E-state index in [-0.39, 0.29) is 18.0 Å². The molecule has 0 aliphatic carbocycles. The molecule has 0 fully saturated rings. The van der Waals surface area contributed by atoms with Crippen LogP contribution in [0.4, 0.5) is 10.1 Å². The van der Waals surface area contributed by atoms with E-state index in [1.54, 1.807) is 42.5 Å². The third-order valence-electron chi connectivity index (χ3n) is 4.44. The van der Waals surface area contributed by atoms with Crippen LogP contribution in [0.3, 0.4) is 0 Å². The molecular weight excluding hydrogens is 610 g/mol. The molecule has 0 aliphatic heterocycles. The Labute approximate surface area is 212 Å². The second kappa shape index (κ2) is 10.9. The van der Waals surface area contributed by atoms with Gasteiger partial charge in [-0.25, -0.2) is 4.39 Å². The zero-order chi connectivity index (χ0) is 23.3. The molecule has 162 valence electrons. The molecule has 0 saturated carbocycles. The number of nitrogens with one attached hydrogen (secondary N) is 1. The summed E-state index contributed by atoms with van der Waals surface area (Å²) in [6.07, 6.45) is 1.51. The Morgan fingerprint density at radius 3 is 2.62 bits per heavy atom. The van der Waals surface area contributed by atoms with Gasteiger partial charge in [0, 0.05) is 10.7 Å². The third kappa shape index (κ3) is 6.31. The molecule has 0 aliphatic rings. The van der Waals surface area contributed by atoms with Gasteiger partial charge in [0.15, 0.2) is 0 Å². The zero-order valence-electron chi connectivity index (χ0n) is 16.8. The molecule has 0 heterocycles. The van der Waals surface area contributed by atoms with Crippen LogP contribution in [0.15, 0.2) is 64.6 Å². The van der Waals surface area contributed by atoms with E-state index in [1.165, 1.54) is 18.2 Å². The highest BCUT2D eigenvalue weighted by Gasteiger charge is 2.14. The molecular formula is C24H16BrClFIN2O2. The molecule has 0 unspecified atom stereocenters.